The predicted octanol–water partition coefficient (Wildman–Crippen LogP) is 3.16. The fourth-order valence-corrected chi connectivity index (χ4v) is 3.46. The quantitative estimate of drug-likeness (QED) is 0.805. The highest BCUT2D eigenvalue weighted by molar-refractivity contribution is 6.30. The van der Waals surface area contributed by atoms with Crippen LogP contribution in [0, 0.1) is 0 Å². The van der Waals surface area contributed by atoms with Gasteiger partial charge in [0.15, 0.2) is 5.82 Å². The summed E-state index contributed by atoms with van der Waals surface area (Å²) in [6.07, 6.45) is 4.79. The van der Waals surface area contributed by atoms with Crippen molar-refractivity contribution in [2.45, 2.75) is 19.4 Å². The molecule has 0 bridgehead atoms. The van der Waals surface area contributed by atoms with Crippen molar-refractivity contribution in [3.8, 4) is 0 Å². The second kappa shape index (κ2) is 8.80. The summed E-state index contributed by atoms with van der Waals surface area (Å²) in [6.45, 7) is 6.06. The molecule has 1 aromatic carbocycles. The number of nitrogens with zero attached hydrogens (tertiary/aromatic N) is 5. The zero-order valence-corrected chi connectivity index (χ0v) is 17.5. The van der Waals surface area contributed by atoms with Gasteiger partial charge < -0.3 is 20.5 Å². The molecule has 0 saturated carbocycles. The Bertz CT molecular complexity index is 902. The fraction of sp³-hybridized carbons (Fsp3) is 0.381. The van der Waals surface area contributed by atoms with Crippen molar-refractivity contribution in [1.82, 2.24) is 20.3 Å². The molecule has 1 saturated heterocycles. The first-order valence-corrected chi connectivity index (χ1v) is 10.3. The number of benzene rings is 1. The van der Waals surface area contributed by atoms with Crippen LogP contribution in [0.3, 0.4) is 0 Å². The van der Waals surface area contributed by atoms with Crippen LogP contribution < -0.4 is 15.6 Å². The molecule has 29 heavy (non-hydrogen) atoms. The number of nitrogens with one attached hydrogen (secondary N) is 2. The van der Waals surface area contributed by atoms with Crippen molar-refractivity contribution in [3.63, 3.8) is 0 Å². The maximum Gasteiger partial charge on any atom is 0.156 e. The summed E-state index contributed by atoms with van der Waals surface area (Å²) >= 11 is 5.98. The first-order valence-electron chi connectivity index (χ1n) is 9.90. The highest BCUT2D eigenvalue weighted by Gasteiger charge is 2.18. The van der Waals surface area contributed by atoms with Crippen molar-refractivity contribution < 1.29 is 0 Å². The second-order valence-electron chi connectivity index (χ2n) is 7.56. The minimum absolute atomic E-state index is 0.334. The van der Waals surface area contributed by atoms with Crippen LogP contribution in [0.25, 0.3) is 12.2 Å². The van der Waals surface area contributed by atoms with E-state index in [0.717, 1.165) is 60.7 Å². The van der Waals surface area contributed by atoms with Gasteiger partial charge in [-0.1, -0.05) is 29.8 Å². The zero-order valence-electron chi connectivity index (χ0n) is 16.8. The van der Waals surface area contributed by atoms with E-state index in [1.807, 2.05) is 42.5 Å². The Kier molecular flexibility index (Phi) is 5.97. The number of likely N-dealkylation sites (N-methyl/N-ethyl adjacent to an activating group) is 1. The maximum absolute atomic E-state index is 5.98. The van der Waals surface area contributed by atoms with Gasteiger partial charge in [-0.15, -0.1) is 0 Å². The van der Waals surface area contributed by atoms with Gasteiger partial charge in [0.2, 0.25) is 0 Å². The van der Waals surface area contributed by atoms with Gasteiger partial charge in [-0.25, -0.2) is 9.97 Å². The third-order valence-corrected chi connectivity index (χ3v) is 5.30. The van der Waals surface area contributed by atoms with E-state index < -0.39 is 0 Å². The molecule has 1 aromatic heterocycles. The molecular weight excluding hydrogens is 386 g/mol. The number of piperazine rings is 1. The standard InChI is InChI=1S/C21H26ClN7/c1-15-13-20(27-26-15)24-19-14-21(29-11-9-28(2)10-12-29)25-18(23-19)8-5-16-3-6-17(22)7-4-16/h3-8,14-15,26H,9-13H2,1-2H3,(H,23,24,25,27)/b8-5+. The molecule has 1 atom stereocenters. The second-order valence-corrected chi connectivity index (χ2v) is 8.00. The SMILES string of the molecule is CC1CC(Nc2cc(N3CCN(C)CC3)nc(/C=C/c3ccc(Cl)cc3)n2)=NN1. The van der Waals surface area contributed by atoms with Gasteiger partial charge in [-0.2, -0.15) is 5.10 Å². The lowest BCUT2D eigenvalue weighted by atomic mass is 10.2. The van der Waals surface area contributed by atoms with Crippen LogP contribution >= 0.6 is 11.6 Å². The Morgan fingerprint density at radius 2 is 1.86 bits per heavy atom. The van der Waals surface area contributed by atoms with Crippen molar-refractivity contribution in [3.05, 3.63) is 46.7 Å². The smallest absolute Gasteiger partial charge is 0.156 e. The molecule has 2 aliphatic heterocycles. The Hall–Kier alpha value is -2.64. The van der Waals surface area contributed by atoms with Gasteiger partial charge in [0.05, 0.1) is 0 Å². The highest BCUT2D eigenvalue weighted by Crippen LogP contribution is 2.20. The average Bonchev–Trinajstić information content (AvgIpc) is 3.12. The topological polar surface area (TPSA) is 68.7 Å². The lowest BCUT2D eigenvalue weighted by Crippen LogP contribution is -2.44. The van der Waals surface area contributed by atoms with Gasteiger partial charge in [-0.05, 0) is 37.7 Å². The Morgan fingerprint density at radius 1 is 1.10 bits per heavy atom. The number of hydrogen-bond donors (Lipinski definition) is 2. The molecule has 0 aliphatic carbocycles. The lowest BCUT2D eigenvalue weighted by Gasteiger charge is -2.33. The summed E-state index contributed by atoms with van der Waals surface area (Å²) in [5, 5.41) is 8.42. The molecule has 0 spiro atoms. The Balaban J connectivity index is 1.59. The molecule has 8 heteroatoms. The van der Waals surface area contributed by atoms with Crippen molar-refractivity contribution >= 4 is 41.2 Å². The molecule has 3 heterocycles. The van der Waals surface area contributed by atoms with E-state index in [-0.39, 0.29) is 0 Å². The Labute approximate surface area is 176 Å². The molecule has 2 N–H and O–H groups in total. The molecule has 152 valence electrons. The van der Waals surface area contributed by atoms with Gasteiger partial charge in [0.1, 0.15) is 17.5 Å². The summed E-state index contributed by atoms with van der Waals surface area (Å²) in [5.74, 6) is 3.26. The molecule has 1 fully saturated rings. The van der Waals surface area contributed by atoms with Crippen LogP contribution in [0.2, 0.25) is 5.02 Å². The predicted molar refractivity (Wildman–Crippen MR) is 120 cm³/mol. The maximum atomic E-state index is 5.98. The van der Waals surface area contributed by atoms with Crippen molar-refractivity contribution in [1.29, 1.82) is 0 Å². The van der Waals surface area contributed by atoms with E-state index in [0.29, 0.717) is 11.9 Å². The summed E-state index contributed by atoms with van der Waals surface area (Å²) < 4.78 is 0. The van der Waals surface area contributed by atoms with Crippen LogP contribution in [-0.4, -0.2) is 60.0 Å². The van der Waals surface area contributed by atoms with Gasteiger partial charge in [-0.3, -0.25) is 0 Å². The van der Waals surface area contributed by atoms with E-state index in [2.05, 4.69) is 44.6 Å². The number of hydrazone groups is 1. The fourth-order valence-electron chi connectivity index (χ4n) is 3.33. The first-order chi connectivity index (χ1) is 14.0. The molecule has 2 aliphatic rings. The molecule has 2 aromatic rings. The van der Waals surface area contributed by atoms with Gasteiger partial charge in [0, 0.05) is 49.7 Å². The van der Waals surface area contributed by atoms with Gasteiger partial charge in [0.25, 0.3) is 0 Å². The minimum Gasteiger partial charge on any atom is -0.354 e. The molecular formula is C21H26ClN7. The Morgan fingerprint density at radius 3 is 2.55 bits per heavy atom. The first kappa shape index (κ1) is 19.7. The largest absolute Gasteiger partial charge is 0.354 e. The summed E-state index contributed by atoms with van der Waals surface area (Å²) in [5.41, 5.74) is 4.13. The van der Waals surface area contributed by atoms with Crippen LogP contribution in [0.4, 0.5) is 11.6 Å². The zero-order chi connectivity index (χ0) is 20.2. The van der Waals surface area contributed by atoms with Crippen LogP contribution in [0.1, 0.15) is 24.7 Å². The monoisotopic (exact) mass is 411 g/mol. The third-order valence-electron chi connectivity index (χ3n) is 5.04. The minimum atomic E-state index is 0.334. The molecule has 0 radical (unpaired) electrons. The molecule has 4 rings (SSSR count). The number of aromatic nitrogens is 2. The number of rotatable bonds is 4. The van der Waals surface area contributed by atoms with E-state index in [4.69, 9.17) is 16.6 Å². The molecule has 7 nitrogen and oxygen atoms in total. The number of hydrogen-bond acceptors (Lipinski definition) is 7. The third kappa shape index (κ3) is 5.25. The average molecular weight is 412 g/mol. The normalized spacial score (nSPS) is 20.0. The van der Waals surface area contributed by atoms with Crippen molar-refractivity contribution in [2.24, 2.45) is 5.10 Å². The van der Waals surface area contributed by atoms with Crippen LogP contribution in [-0.2, 0) is 0 Å². The highest BCUT2D eigenvalue weighted by atomic mass is 35.5. The van der Waals surface area contributed by atoms with E-state index >= 15 is 0 Å². The lowest BCUT2D eigenvalue weighted by molar-refractivity contribution is 0.312. The summed E-state index contributed by atoms with van der Waals surface area (Å²) in [6, 6.07) is 10.0. The summed E-state index contributed by atoms with van der Waals surface area (Å²) in [7, 11) is 2.15. The van der Waals surface area contributed by atoms with Gasteiger partial charge >= 0.3 is 0 Å². The number of halogens is 1. The van der Waals surface area contributed by atoms with Crippen LogP contribution in [0.15, 0.2) is 35.4 Å². The van der Waals surface area contributed by atoms with E-state index in [1.54, 1.807) is 0 Å². The van der Waals surface area contributed by atoms with E-state index in [1.165, 1.54) is 0 Å². The number of anilines is 2. The summed E-state index contributed by atoms with van der Waals surface area (Å²) in [4.78, 5) is 14.1. The molecule has 1 unspecified atom stereocenters. The molecule has 0 amide bonds. The van der Waals surface area contributed by atoms with Crippen LogP contribution in [0.5, 0.6) is 0 Å². The van der Waals surface area contributed by atoms with E-state index in [9.17, 15) is 0 Å². The number of amidine groups is 1. The van der Waals surface area contributed by atoms with Crippen molar-refractivity contribution in [2.75, 3.05) is 43.4 Å².